The maximum absolute atomic E-state index is 9.12. The minimum atomic E-state index is 0.113. The molecule has 0 aliphatic rings. The molecule has 1 rings (SSSR count). The molecule has 0 aliphatic carbocycles. The molecule has 66 valence electrons. The van der Waals surface area contributed by atoms with Gasteiger partial charge in [-0.1, -0.05) is 15.9 Å². The highest BCUT2D eigenvalue weighted by atomic mass is 79.9. The van der Waals surface area contributed by atoms with Gasteiger partial charge in [0.15, 0.2) is 0 Å². The lowest BCUT2D eigenvalue weighted by atomic mass is 10.1. The number of benzene rings is 1. The van der Waals surface area contributed by atoms with Crippen LogP contribution in [0.15, 0.2) is 21.5 Å². The molecule has 0 radical (unpaired) electrons. The second-order valence-corrected chi connectivity index (χ2v) is 4.21. The molecule has 1 aromatic carbocycles. The molecule has 1 aromatic rings. The summed E-state index contributed by atoms with van der Waals surface area (Å²) in [5.74, 6) is 0. The third kappa shape index (κ3) is 1.84. The molecule has 12 heavy (non-hydrogen) atoms. The summed E-state index contributed by atoms with van der Waals surface area (Å²) in [7, 11) is 0. The normalized spacial score (nSPS) is 10.3. The van der Waals surface area contributed by atoms with Crippen molar-refractivity contribution in [2.45, 2.75) is 18.4 Å². The van der Waals surface area contributed by atoms with Crippen molar-refractivity contribution in [1.82, 2.24) is 0 Å². The average Bonchev–Trinajstić information content (AvgIpc) is 2.09. The molecule has 0 aliphatic heterocycles. The predicted molar refractivity (Wildman–Crippen MR) is 56.6 cm³/mol. The van der Waals surface area contributed by atoms with Gasteiger partial charge in [-0.3, -0.25) is 0 Å². The molecule has 0 heterocycles. The minimum absolute atomic E-state index is 0.113. The molecule has 0 fully saturated rings. The molecule has 0 bridgehead atoms. The van der Waals surface area contributed by atoms with Crippen LogP contribution in [0.4, 0.5) is 0 Å². The van der Waals surface area contributed by atoms with E-state index in [1.165, 1.54) is 0 Å². The van der Waals surface area contributed by atoms with Crippen LogP contribution in [0.3, 0.4) is 0 Å². The Morgan fingerprint density at radius 3 is 2.67 bits per heavy atom. The highest BCUT2D eigenvalue weighted by molar-refractivity contribution is 9.10. The van der Waals surface area contributed by atoms with Crippen molar-refractivity contribution >= 4 is 27.7 Å². The standard InChI is InChI=1S/C9H11BrOS/c1-6-7(5-11)9(12-2)4-3-8(6)10/h3-4,11H,5H2,1-2H3. The Kier molecular flexibility index (Phi) is 3.62. The van der Waals surface area contributed by atoms with Crippen molar-refractivity contribution in [3.8, 4) is 0 Å². The van der Waals surface area contributed by atoms with Gasteiger partial charge in [-0.05, 0) is 36.4 Å². The summed E-state index contributed by atoms with van der Waals surface area (Å²) in [5, 5.41) is 9.12. The molecule has 0 unspecified atom stereocenters. The largest absolute Gasteiger partial charge is 0.392 e. The van der Waals surface area contributed by atoms with E-state index in [9.17, 15) is 0 Å². The molecule has 0 amide bonds. The predicted octanol–water partition coefficient (Wildman–Crippen LogP) is 2.97. The SMILES string of the molecule is CSc1ccc(Br)c(C)c1CO. The van der Waals surface area contributed by atoms with Gasteiger partial charge in [0, 0.05) is 9.37 Å². The summed E-state index contributed by atoms with van der Waals surface area (Å²) < 4.78 is 1.06. The minimum Gasteiger partial charge on any atom is -0.392 e. The van der Waals surface area contributed by atoms with Gasteiger partial charge >= 0.3 is 0 Å². The van der Waals surface area contributed by atoms with Crippen molar-refractivity contribution in [3.05, 3.63) is 27.7 Å². The van der Waals surface area contributed by atoms with Crippen LogP contribution in [0.2, 0.25) is 0 Å². The lowest BCUT2D eigenvalue weighted by Gasteiger charge is -2.09. The molecular weight excluding hydrogens is 236 g/mol. The summed E-state index contributed by atoms with van der Waals surface area (Å²) in [6, 6.07) is 4.04. The van der Waals surface area contributed by atoms with Crippen LogP contribution >= 0.6 is 27.7 Å². The summed E-state index contributed by atoms with van der Waals surface area (Å²) in [4.78, 5) is 1.15. The third-order valence-electron chi connectivity index (χ3n) is 1.87. The first-order valence-corrected chi connectivity index (χ1v) is 5.65. The van der Waals surface area contributed by atoms with E-state index in [1.54, 1.807) is 11.8 Å². The Labute approximate surface area is 85.3 Å². The Hall–Kier alpha value is 0.01000. The smallest absolute Gasteiger partial charge is 0.0695 e. The molecule has 0 saturated heterocycles. The van der Waals surface area contributed by atoms with Crippen molar-refractivity contribution in [1.29, 1.82) is 0 Å². The first-order valence-electron chi connectivity index (χ1n) is 3.63. The van der Waals surface area contributed by atoms with Gasteiger partial charge in [-0.15, -0.1) is 11.8 Å². The van der Waals surface area contributed by atoms with Crippen LogP contribution in [0.5, 0.6) is 0 Å². The molecular formula is C9H11BrOS. The lowest BCUT2D eigenvalue weighted by molar-refractivity contribution is 0.278. The fourth-order valence-corrected chi connectivity index (χ4v) is 2.13. The lowest BCUT2D eigenvalue weighted by Crippen LogP contribution is -1.92. The topological polar surface area (TPSA) is 20.2 Å². The van der Waals surface area contributed by atoms with Crippen LogP contribution in [0.1, 0.15) is 11.1 Å². The van der Waals surface area contributed by atoms with Gasteiger partial charge < -0.3 is 5.11 Å². The highest BCUT2D eigenvalue weighted by Gasteiger charge is 2.06. The fraction of sp³-hybridized carbons (Fsp3) is 0.333. The molecule has 0 spiro atoms. The van der Waals surface area contributed by atoms with E-state index < -0.39 is 0 Å². The Bertz CT molecular complexity index is 286. The number of halogens is 1. The third-order valence-corrected chi connectivity index (χ3v) is 3.55. The van der Waals surface area contributed by atoms with E-state index in [0.717, 1.165) is 20.5 Å². The number of thioether (sulfide) groups is 1. The van der Waals surface area contributed by atoms with Crippen LogP contribution in [-0.2, 0) is 6.61 Å². The monoisotopic (exact) mass is 246 g/mol. The van der Waals surface area contributed by atoms with E-state index in [4.69, 9.17) is 5.11 Å². The number of aliphatic hydroxyl groups excluding tert-OH is 1. The summed E-state index contributed by atoms with van der Waals surface area (Å²) in [6.45, 7) is 2.12. The van der Waals surface area contributed by atoms with Gasteiger partial charge in [-0.25, -0.2) is 0 Å². The van der Waals surface area contributed by atoms with Crippen molar-refractivity contribution in [2.75, 3.05) is 6.26 Å². The van der Waals surface area contributed by atoms with Crippen LogP contribution < -0.4 is 0 Å². The Morgan fingerprint density at radius 1 is 1.50 bits per heavy atom. The van der Waals surface area contributed by atoms with Gasteiger partial charge in [0.25, 0.3) is 0 Å². The van der Waals surface area contributed by atoms with E-state index >= 15 is 0 Å². The zero-order valence-corrected chi connectivity index (χ0v) is 9.50. The second-order valence-electron chi connectivity index (χ2n) is 2.51. The molecule has 1 nitrogen and oxygen atoms in total. The quantitative estimate of drug-likeness (QED) is 0.811. The van der Waals surface area contributed by atoms with E-state index in [1.807, 2.05) is 25.3 Å². The van der Waals surface area contributed by atoms with Gasteiger partial charge in [0.1, 0.15) is 0 Å². The highest BCUT2D eigenvalue weighted by Crippen LogP contribution is 2.28. The van der Waals surface area contributed by atoms with Crippen molar-refractivity contribution < 1.29 is 5.11 Å². The molecule has 3 heteroatoms. The zero-order chi connectivity index (χ0) is 9.14. The van der Waals surface area contributed by atoms with Crippen LogP contribution in [-0.4, -0.2) is 11.4 Å². The average molecular weight is 247 g/mol. The zero-order valence-electron chi connectivity index (χ0n) is 7.10. The fourth-order valence-electron chi connectivity index (χ4n) is 1.09. The maximum Gasteiger partial charge on any atom is 0.0695 e. The van der Waals surface area contributed by atoms with E-state index in [2.05, 4.69) is 15.9 Å². The van der Waals surface area contributed by atoms with Crippen molar-refractivity contribution in [2.24, 2.45) is 0 Å². The Balaban J connectivity index is 3.25. The summed E-state index contributed by atoms with van der Waals surface area (Å²) in [5.41, 5.74) is 2.15. The van der Waals surface area contributed by atoms with Gasteiger partial charge in [0.2, 0.25) is 0 Å². The Morgan fingerprint density at radius 2 is 2.17 bits per heavy atom. The van der Waals surface area contributed by atoms with Gasteiger partial charge in [-0.2, -0.15) is 0 Å². The van der Waals surface area contributed by atoms with E-state index in [0.29, 0.717) is 0 Å². The van der Waals surface area contributed by atoms with E-state index in [-0.39, 0.29) is 6.61 Å². The number of hydrogen-bond donors (Lipinski definition) is 1. The molecule has 0 atom stereocenters. The first kappa shape index (κ1) is 10.1. The van der Waals surface area contributed by atoms with Gasteiger partial charge in [0.05, 0.1) is 6.61 Å². The number of rotatable bonds is 2. The van der Waals surface area contributed by atoms with Crippen LogP contribution in [0.25, 0.3) is 0 Å². The summed E-state index contributed by atoms with van der Waals surface area (Å²) in [6.07, 6.45) is 2.02. The maximum atomic E-state index is 9.12. The van der Waals surface area contributed by atoms with Crippen LogP contribution in [0, 0.1) is 6.92 Å². The second kappa shape index (κ2) is 4.30. The van der Waals surface area contributed by atoms with Crippen molar-refractivity contribution in [3.63, 3.8) is 0 Å². The summed E-state index contributed by atoms with van der Waals surface area (Å²) >= 11 is 5.09. The molecule has 0 aromatic heterocycles. The number of aliphatic hydroxyl groups is 1. The first-order chi connectivity index (χ1) is 5.70. The number of hydrogen-bond acceptors (Lipinski definition) is 2. The molecule has 1 N–H and O–H groups in total. The molecule has 0 saturated carbocycles.